The van der Waals surface area contributed by atoms with Crippen LogP contribution in [0.1, 0.15) is 51.5 Å². The number of thiazole rings is 1. The highest BCUT2D eigenvalue weighted by Gasteiger charge is 2.38. The number of fused-ring (bicyclic) bond motifs is 1. The van der Waals surface area contributed by atoms with Gasteiger partial charge in [0.05, 0.1) is 10.2 Å². The van der Waals surface area contributed by atoms with Crippen molar-refractivity contribution < 1.29 is 9.59 Å². The molecule has 1 amide bonds. The number of benzene rings is 2. The number of rotatable bonds is 6. The van der Waals surface area contributed by atoms with Crippen LogP contribution in [-0.2, 0) is 9.59 Å². The Morgan fingerprint density at radius 2 is 1.92 bits per heavy atom. The lowest BCUT2D eigenvalue weighted by atomic mass is 9.75. The third-order valence-electron chi connectivity index (χ3n) is 6.95. The number of hydrogen-bond acceptors (Lipinski definition) is 6. The Morgan fingerprint density at radius 3 is 2.64 bits per heavy atom. The van der Waals surface area contributed by atoms with E-state index in [-0.39, 0.29) is 11.7 Å². The van der Waals surface area contributed by atoms with Crippen molar-refractivity contribution in [2.24, 2.45) is 0 Å². The number of carbonyl (C=O) groups is 2. The lowest BCUT2D eigenvalue weighted by molar-refractivity contribution is -0.116. The van der Waals surface area contributed by atoms with Crippen LogP contribution in [0.25, 0.3) is 10.2 Å². The molecule has 0 saturated heterocycles. The van der Waals surface area contributed by atoms with Crippen molar-refractivity contribution in [2.75, 3.05) is 23.3 Å². The van der Waals surface area contributed by atoms with Crippen LogP contribution in [0.2, 0.25) is 0 Å². The van der Waals surface area contributed by atoms with E-state index in [2.05, 4.69) is 74.6 Å². The molecule has 6 nitrogen and oxygen atoms in total. The molecule has 36 heavy (non-hydrogen) atoms. The first-order valence-electron chi connectivity index (χ1n) is 12.4. The van der Waals surface area contributed by atoms with E-state index in [9.17, 15) is 9.59 Å². The van der Waals surface area contributed by atoms with Crippen LogP contribution in [0.3, 0.4) is 0 Å². The number of amides is 1. The van der Waals surface area contributed by atoms with Gasteiger partial charge in [0.25, 0.3) is 5.91 Å². The van der Waals surface area contributed by atoms with Gasteiger partial charge in [-0.15, -0.1) is 0 Å². The van der Waals surface area contributed by atoms with Gasteiger partial charge in [-0.1, -0.05) is 39.4 Å². The summed E-state index contributed by atoms with van der Waals surface area (Å²) in [5.74, 6) is -0.534. The second kappa shape index (κ2) is 10.2. The summed E-state index contributed by atoms with van der Waals surface area (Å²) in [5, 5.41) is 6.96. The summed E-state index contributed by atoms with van der Waals surface area (Å²) in [6, 6.07) is 14.2. The molecule has 8 heteroatoms. The Labute approximate surface area is 223 Å². The smallest absolute Gasteiger partial charge is 0.256 e. The van der Waals surface area contributed by atoms with Crippen molar-refractivity contribution in [3.8, 4) is 0 Å². The molecule has 2 aliphatic rings. The molecule has 0 radical (unpaired) electrons. The molecule has 1 atom stereocenters. The van der Waals surface area contributed by atoms with E-state index in [0.29, 0.717) is 17.1 Å². The second-order valence-corrected chi connectivity index (χ2v) is 11.1. The molecular weight excluding hydrogens is 536 g/mol. The number of Topliss-reactive ketones (excluding diaryl/α,β-unsaturated/α-hetero) is 1. The minimum Gasteiger partial charge on any atom is -0.372 e. The average Bonchev–Trinajstić information content (AvgIpc) is 3.25. The lowest BCUT2D eigenvalue weighted by Gasteiger charge is -2.34. The van der Waals surface area contributed by atoms with E-state index in [1.54, 1.807) is 0 Å². The molecule has 2 heterocycles. The van der Waals surface area contributed by atoms with E-state index in [1.807, 2.05) is 25.1 Å². The fourth-order valence-corrected chi connectivity index (χ4v) is 6.61. The highest BCUT2D eigenvalue weighted by atomic mass is 79.9. The fourth-order valence-electron chi connectivity index (χ4n) is 5.20. The highest BCUT2D eigenvalue weighted by Crippen LogP contribution is 2.43. The van der Waals surface area contributed by atoms with Gasteiger partial charge in [0.15, 0.2) is 10.9 Å². The van der Waals surface area contributed by atoms with Gasteiger partial charge in [0.2, 0.25) is 0 Å². The van der Waals surface area contributed by atoms with Gasteiger partial charge in [-0.05, 0) is 69.5 Å². The molecule has 0 saturated carbocycles. The number of halogens is 1. The Hall–Kier alpha value is -2.97. The number of nitrogens with one attached hydrogen (secondary N) is 2. The summed E-state index contributed by atoms with van der Waals surface area (Å²) in [6.07, 6.45) is 2.15. The highest BCUT2D eigenvalue weighted by molar-refractivity contribution is 9.10. The van der Waals surface area contributed by atoms with E-state index in [1.165, 1.54) is 11.3 Å². The molecule has 0 bridgehead atoms. The topological polar surface area (TPSA) is 74.3 Å². The van der Waals surface area contributed by atoms with E-state index < -0.39 is 5.92 Å². The van der Waals surface area contributed by atoms with Crippen LogP contribution in [0.15, 0.2) is 69.5 Å². The molecule has 1 aliphatic carbocycles. The molecule has 186 valence electrons. The van der Waals surface area contributed by atoms with Crippen molar-refractivity contribution in [3.05, 3.63) is 75.0 Å². The third kappa shape index (κ3) is 4.60. The molecule has 5 rings (SSSR count). The van der Waals surface area contributed by atoms with E-state index in [4.69, 9.17) is 0 Å². The first kappa shape index (κ1) is 24.7. The number of ketones is 1. The Balaban J connectivity index is 1.53. The SMILES string of the molecule is CCN(CC)c1ccc(C2C(C(=O)Nc3nc4ccc(Br)cc4s3)=C(C)NC3=C2C(=O)CCC3)cc1. The van der Waals surface area contributed by atoms with E-state index in [0.717, 1.165) is 68.8 Å². The van der Waals surface area contributed by atoms with Crippen molar-refractivity contribution >= 4 is 60.0 Å². The summed E-state index contributed by atoms with van der Waals surface area (Å²) in [4.78, 5) is 33.8. The zero-order valence-corrected chi connectivity index (χ0v) is 23.1. The summed E-state index contributed by atoms with van der Waals surface area (Å²) in [7, 11) is 0. The number of anilines is 2. The van der Waals surface area contributed by atoms with Crippen LogP contribution < -0.4 is 15.5 Å². The zero-order chi connectivity index (χ0) is 25.4. The van der Waals surface area contributed by atoms with Crippen LogP contribution in [-0.4, -0.2) is 29.8 Å². The minimum absolute atomic E-state index is 0.115. The molecular formula is C28H29BrN4O2S. The Bertz CT molecular complexity index is 1400. The normalized spacial score (nSPS) is 17.8. The Morgan fingerprint density at radius 1 is 1.17 bits per heavy atom. The largest absolute Gasteiger partial charge is 0.372 e. The van der Waals surface area contributed by atoms with Crippen molar-refractivity contribution in [2.45, 2.75) is 46.0 Å². The standard InChI is InChI=1S/C28H29BrN4O2S/c1-4-33(5-2)19-12-9-17(10-13-19)25-24(16(3)30-21-7-6-8-22(34)26(21)25)27(35)32-28-31-20-14-11-18(29)15-23(20)36-28/h9-15,25,30H,4-8H2,1-3H3,(H,31,32,35). The van der Waals surface area contributed by atoms with Crippen molar-refractivity contribution in [3.63, 3.8) is 0 Å². The number of nitrogens with zero attached hydrogens (tertiary/aromatic N) is 2. The molecule has 1 unspecified atom stereocenters. The van der Waals surface area contributed by atoms with Gasteiger partial charge in [-0.2, -0.15) is 0 Å². The van der Waals surface area contributed by atoms with Crippen LogP contribution in [0.5, 0.6) is 0 Å². The van der Waals surface area contributed by atoms with Gasteiger partial charge in [0.1, 0.15) is 0 Å². The predicted molar refractivity (Wildman–Crippen MR) is 150 cm³/mol. The van der Waals surface area contributed by atoms with Gasteiger partial charge in [-0.3, -0.25) is 14.9 Å². The number of allylic oxidation sites excluding steroid dienone is 3. The van der Waals surface area contributed by atoms with Crippen molar-refractivity contribution in [1.82, 2.24) is 10.3 Å². The number of hydrogen-bond donors (Lipinski definition) is 2. The molecule has 0 spiro atoms. The summed E-state index contributed by atoms with van der Waals surface area (Å²) >= 11 is 4.93. The van der Waals surface area contributed by atoms with Gasteiger partial charge in [0, 0.05) is 58.1 Å². The fraction of sp³-hybridized carbons (Fsp3) is 0.321. The molecule has 3 aromatic rings. The van der Waals surface area contributed by atoms with Gasteiger partial charge < -0.3 is 10.2 Å². The molecule has 2 N–H and O–H groups in total. The third-order valence-corrected chi connectivity index (χ3v) is 8.37. The maximum absolute atomic E-state index is 13.8. The lowest BCUT2D eigenvalue weighted by Crippen LogP contribution is -2.35. The Kier molecular flexibility index (Phi) is 6.99. The summed E-state index contributed by atoms with van der Waals surface area (Å²) in [5.41, 5.74) is 5.94. The summed E-state index contributed by atoms with van der Waals surface area (Å²) < 4.78 is 1.96. The number of dihydropyridines is 1. The molecule has 1 aliphatic heterocycles. The number of aromatic nitrogens is 1. The maximum atomic E-state index is 13.8. The average molecular weight is 566 g/mol. The zero-order valence-electron chi connectivity index (χ0n) is 20.7. The van der Waals surface area contributed by atoms with Crippen LogP contribution in [0, 0.1) is 0 Å². The molecule has 2 aromatic carbocycles. The van der Waals surface area contributed by atoms with Crippen LogP contribution >= 0.6 is 27.3 Å². The molecule has 1 aromatic heterocycles. The first-order valence-corrected chi connectivity index (χ1v) is 14.0. The second-order valence-electron chi connectivity index (χ2n) is 9.11. The summed E-state index contributed by atoms with van der Waals surface area (Å²) in [6.45, 7) is 8.03. The number of carbonyl (C=O) groups excluding carboxylic acids is 2. The van der Waals surface area contributed by atoms with E-state index >= 15 is 0 Å². The van der Waals surface area contributed by atoms with Gasteiger partial charge >= 0.3 is 0 Å². The maximum Gasteiger partial charge on any atom is 0.256 e. The van der Waals surface area contributed by atoms with Gasteiger partial charge in [-0.25, -0.2) is 4.98 Å². The molecule has 0 fully saturated rings. The van der Waals surface area contributed by atoms with Crippen molar-refractivity contribution in [1.29, 1.82) is 0 Å². The minimum atomic E-state index is -0.414. The van der Waals surface area contributed by atoms with Crippen LogP contribution in [0.4, 0.5) is 10.8 Å². The monoisotopic (exact) mass is 564 g/mol. The predicted octanol–water partition coefficient (Wildman–Crippen LogP) is 6.51. The quantitative estimate of drug-likeness (QED) is 0.357. The first-order chi connectivity index (χ1) is 17.4.